The summed E-state index contributed by atoms with van der Waals surface area (Å²) >= 11 is 0. The first-order chi connectivity index (χ1) is 11.3. The quantitative estimate of drug-likeness (QED) is 0.887. The minimum Gasteiger partial charge on any atom is -0.338 e. The van der Waals surface area contributed by atoms with Crippen LogP contribution in [0.25, 0.3) is 0 Å². The van der Waals surface area contributed by atoms with E-state index in [9.17, 15) is 13.2 Å². The fourth-order valence-corrected chi connectivity index (χ4v) is 4.60. The first-order valence-electron chi connectivity index (χ1n) is 8.74. The monoisotopic (exact) mass is 350 g/mol. The van der Waals surface area contributed by atoms with Crippen molar-refractivity contribution in [3.05, 3.63) is 29.8 Å². The zero-order chi connectivity index (χ0) is 17.3. The molecule has 1 saturated carbocycles. The van der Waals surface area contributed by atoms with Gasteiger partial charge in [0.15, 0.2) is 0 Å². The molecule has 0 spiro atoms. The summed E-state index contributed by atoms with van der Waals surface area (Å²) in [7, 11) is -3.54. The van der Waals surface area contributed by atoms with Crippen molar-refractivity contribution in [2.24, 2.45) is 17.8 Å². The molecule has 0 radical (unpaired) electrons. The van der Waals surface area contributed by atoms with Crippen LogP contribution in [0.1, 0.15) is 43.5 Å². The van der Waals surface area contributed by atoms with Crippen molar-refractivity contribution in [3.63, 3.8) is 0 Å². The molecule has 2 unspecified atom stereocenters. The number of amides is 1. The highest BCUT2D eigenvalue weighted by Gasteiger charge is 2.28. The van der Waals surface area contributed by atoms with Gasteiger partial charge in [-0.05, 0) is 55.2 Å². The Morgan fingerprint density at radius 2 is 1.88 bits per heavy atom. The van der Waals surface area contributed by atoms with Crippen LogP contribution in [-0.4, -0.2) is 38.9 Å². The maximum absolute atomic E-state index is 12.8. The Labute approximate surface area is 144 Å². The van der Waals surface area contributed by atoms with E-state index < -0.39 is 10.0 Å². The minimum absolute atomic E-state index is 0.0763. The van der Waals surface area contributed by atoms with Gasteiger partial charge in [-0.15, -0.1) is 0 Å². The molecule has 0 aromatic heterocycles. The van der Waals surface area contributed by atoms with Gasteiger partial charge in [-0.1, -0.05) is 19.9 Å². The van der Waals surface area contributed by atoms with Crippen LogP contribution in [0.2, 0.25) is 0 Å². The van der Waals surface area contributed by atoms with Gasteiger partial charge in [0.1, 0.15) is 0 Å². The molecule has 3 rings (SSSR count). The standard InChI is InChI=1S/C18H26N2O3S/c1-13-8-14(2)12-20(11-13)18(21)16-4-3-5-17(9-16)24(22,23)19-10-15-6-7-15/h3-5,9,13-15,19H,6-8,10-12H2,1-2H3. The number of sulfonamides is 1. The number of likely N-dealkylation sites (tertiary alicyclic amines) is 1. The van der Waals surface area contributed by atoms with Gasteiger partial charge in [0.25, 0.3) is 5.91 Å². The van der Waals surface area contributed by atoms with Crippen LogP contribution < -0.4 is 4.72 Å². The van der Waals surface area contributed by atoms with E-state index in [0.717, 1.165) is 32.4 Å². The second kappa shape index (κ2) is 6.84. The number of hydrogen-bond donors (Lipinski definition) is 1. The third kappa shape index (κ3) is 4.16. The first kappa shape index (κ1) is 17.4. The molecular weight excluding hydrogens is 324 g/mol. The largest absolute Gasteiger partial charge is 0.338 e. The SMILES string of the molecule is CC1CC(C)CN(C(=O)c2cccc(S(=O)(=O)NCC3CC3)c2)C1. The number of piperidine rings is 1. The number of carbonyl (C=O) groups excluding carboxylic acids is 1. The molecule has 1 aliphatic heterocycles. The Hall–Kier alpha value is -1.40. The lowest BCUT2D eigenvalue weighted by Gasteiger charge is -2.35. The summed E-state index contributed by atoms with van der Waals surface area (Å²) in [6, 6.07) is 6.40. The summed E-state index contributed by atoms with van der Waals surface area (Å²) < 4.78 is 27.4. The Morgan fingerprint density at radius 1 is 1.21 bits per heavy atom. The van der Waals surface area contributed by atoms with Crippen LogP contribution in [0, 0.1) is 17.8 Å². The molecule has 1 aliphatic carbocycles. The van der Waals surface area contributed by atoms with Crippen LogP contribution in [0.4, 0.5) is 0 Å². The van der Waals surface area contributed by atoms with E-state index >= 15 is 0 Å². The van der Waals surface area contributed by atoms with Gasteiger partial charge in [-0.3, -0.25) is 4.79 Å². The van der Waals surface area contributed by atoms with Crippen LogP contribution in [0.5, 0.6) is 0 Å². The average molecular weight is 350 g/mol. The molecule has 1 saturated heterocycles. The van der Waals surface area contributed by atoms with Crippen molar-refractivity contribution in [1.29, 1.82) is 0 Å². The van der Waals surface area contributed by atoms with E-state index in [4.69, 9.17) is 0 Å². The van der Waals surface area contributed by atoms with Crippen LogP contribution >= 0.6 is 0 Å². The molecule has 1 N–H and O–H groups in total. The Bertz CT molecular complexity index is 703. The fraction of sp³-hybridized carbons (Fsp3) is 0.611. The fourth-order valence-electron chi connectivity index (χ4n) is 3.44. The summed E-state index contributed by atoms with van der Waals surface area (Å²) in [4.78, 5) is 14.8. The van der Waals surface area contributed by atoms with E-state index in [-0.39, 0.29) is 10.8 Å². The second-order valence-corrected chi connectivity index (χ2v) is 9.25. The average Bonchev–Trinajstić information content (AvgIpc) is 3.36. The molecule has 132 valence electrons. The van der Waals surface area contributed by atoms with E-state index in [2.05, 4.69) is 18.6 Å². The zero-order valence-electron chi connectivity index (χ0n) is 14.4. The van der Waals surface area contributed by atoms with Crippen LogP contribution in [0.3, 0.4) is 0 Å². The zero-order valence-corrected chi connectivity index (χ0v) is 15.2. The predicted octanol–water partition coefficient (Wildman–Crippen LogP) is 2.49. The van der Waals surface area contributed by atoms with Crippen molar-refractivity contribution in [2.75, 3.05) is 19.6 Å². The van der Waals surface area contributed by atoms with Gasteiger partial charge in [-0.2, -0.15) is 0 Å². The molecule has 2 aliphatic rings. The lowest BCUT2D eigenvalue weighted by Crippen LogP contribution is -2.42. The smallest absolute Gasteiger partial charge is 0.253 e. The van der Waals surface area contributed by atoms with Gasteiger partial charge in [0.2, 0.25) is 10.0 Å². The number of nitrogens with zero attached hydrogens (tertiary/aromatic N) is 1. The topological polar surface area (TPSA) is 66.5 Å². The highest BCUT2D eigenvalue weighted by Crippen LogP contribution is 2.28. The number of carbonyl (C=O) groups is 1. The van der Waals surface area contributed by atoms with E-state index in [0.29, 0.717) is 29.9 Å². The van der Waals surface area contributed by atoms with E-state index in [1.165, 1.54) is 6.07 Å². The summed E-state index contributed by atoms with van der Waals surface area (Å²) in [6.45, 7) is 6.26. The number of benzene rings is 1. The highest BCUT2D eigenvalue weighted by molar-refractivity contribution is 7.89. The number of hydrogen-bond acceptors (Lipinski definition) is 3. The van der Waals surface area contributed by atoms with Gasteiger partial charge in [0, 0.05) is 25.2 Å². The normalized spacial score (nSPS) is 24.8. The number of nitrogens with one attached hydrogen (secondary N) is 1. The van der Waals surface area contributed by atoms with Gasteiger partial charge >= 0.3 is 0 Å². The summed E-state index contributed by atoms with van der Waals surface area (Å²) in [5.74, 6) is 1.35. The molecule has 2 atom stereocenters. The summed E-state index contributed by atoms with van der Waals surface area (Å²) in [5.41, 5.74) is 0.450. The Balaban J connectivity index is 1.75. The molecule has 5 nitrogen and oxygen atoms in total. The van der Waals surface area contributed by atoms with Crippen molar-refractivity contribution >= 4 is 15.9 Å². The minimum atomic E-state index is -3.54. The summed E-state index contributed by atoms with van der Waals surface area (Å²) in [6.07, 6.45) is 3.31. The van der Waals surface area contributed by atoms with E-state index in [1.54, 1.807) is 18.2 Å². The first-order valence-corrected chi connectivity index (χ1v) is 10.2. The maximum Gasteiger partial charge on any atom is 0.253 e. The van der Waals surface area contributed by atoms with Gasteiger partial charge in [0.05, 0.1) is 4.90 Å². The Morgan fingerprint density at radius 3 is 2.50 bits per heavy atom. The predicted molar refractivity (Wildman–Crippen MR) is 93.2 cm³/mol. The molecule has 24 heavy (non-hydrogen) atoms. The summed E-state index contributed by atoms with van der Waals surface area (Å²) in [5, 5.41) is 0. The molecule has 1 heterocycles. The van der Waals surface area contributed by atoms with Crippen molar-refractivity contribution in [2.45, 2.75) is 38.0 Å². The second-order valence-electron chi connectivity index (χ2n) is 7.48. The van der Waals surface area contributed by atoms with E-state index in [1.807, 2.05) is 4.90 Å². The lowest BCUT2D eigenvalue weighted by atomic mass is 9.91. The maximum atomic E-state index is 12.8. The molecule has 1 aromatic carbocycles. The molecule has 1 amide bonds. The highest BCUT2D eigenvalue weighted by atomic mass is 32.2. The van der Waals surface area contributed by atoms with Crippen LogP contribution in [0.15, 0.2) is 29.2 Å². The van der Waals surface area contributed by atoms with Crippen molar-refractivity contribution in [3.8, 4) is 0 Å². The van der Waals surface area contributed by atoms with Crippen molar-refractivity contribution < 1.29 is 13.2 Å². The van der Waals surface area contributed by atoms with Gasteiger partial charge < -0.3 is 4.90 Å². The molecule has 6 heteroatoms. The molecule has 2 fully saturated rings. The Kier molecular flexibility index (Phi) is 4.97. The molecular formula is C18H26N2O3S. The molecule has 0 bridgehead atoms. The van der Waals surface area contributed by atoms with Crippen molar-refractivity contribution in [1.82, 2.24) is 9.62 Å². The lowest BCUT2D eigenvalue weighted by molar-refractivity contribution is 0.0623. The molecule has 1 aromatic rings. The third-order valence-corrected chi connectivity index (χ3v) is 6.23. The number of rotatable bonds is 5. The van der Waals surface area contributed by atoms with Gasteiger partial charge in [-0.25, -0.2) is 13.1 Å². The van der Waals surface area contributed by atoms with Crippen LogP contribution in [-0.2, 0) is 10.0 Å². The third-order valence-electron chi connectivity index (χ3n) is 4.81.